The lowest BCUT2D eigenvalue weighted by molar-refractivity contribution is 0.0697. The van der Waals surface area contributed by atoms with E-state index in [1.165, 1.54) is 19.2 Å². The van der Waals surface area contributed by atoms with Gasteiger partial charge in [0.2, 0.25) is 0 Å². The Bertz CT molecular complexity index is 850. The lowest BCUT2D eigenvalue weighted by atomic mass is 10.0. The van der Waals surface area contributed by atoms with Crippen molar-refractivity contribution in [2.24, 2.45) is 0 Å². The Morgan fingerprint density at radius 3 is 2.46 bits per heavy atom. The first-order valence-corrected chi connectivity index (χ1v) is 8.47. The first-order valence-electron chi connectivity index (χ1n) is 7.75. The van der Waals surface area contributed by atoms with Gasteiger partial charge in [-0.25, -0.2) is 4.79 Å². The second-order valence-electron chi connectivity index (χ2n) is 5.07. The molecule has 4 N–H and O–H groups in total. The summed E-state index contributed by atoms with van der Waals surface area (Å²) in [6.45, 7) is 0.0210. The lowest BCUT2D eigenvalue weighted by Gasteiger charge is -2.15. The quantitative estimate of drug-likeness (QED) is 0.388. The number of halogens is 2. The van der Waals surface area contributed by atoms with Gasteiger partial charge < -0.3 is 25.3 Å². The Morgan fingerprint density at radius 1 is 1.21 bits per heavy atom. The minimum atomic E-state index is -1.26. The molecular weight excluding hydrogens is 392 g/mol. The van der Waals surface area contributed by atoms with Gasteiger partial charge in [0.15, 0.2) is 12.3 Å². The Kier molecular flexibility index (Phi) is 9.44. The molecule has 7 nitrogen and oxygen atoms in total. The van der Waals surface area contributed by atoms with Crippen molar-refractivity contribution < 1.29 is 27.7 Å². The number of alkyl halides is 1. The Labute approximate surface area is 165 Å². The molecule has 0 fully saturated rings. The first kappa shape index (κ1) is 22.9. The van der Waals surface area contributed by atoms with Crippen LogP contribution in [0.15, 0.2) is 36.4 Å². The number of carboxylic acid groups (broad SMARTS) is 1. The van der Waals surface area contributed by atoms with Gasteiger partial charge in [0, 0.05) is 18.3 Å². The average molecular weight is 411 g/mol. The van der Waals surface area contributed by atoms with E-state index in [4.69, 9.17) is 10.1 Å². The summed E-state index contributed by atoms with van der Waals surface area (Å²) in [6.07, 6.45) is 0.912. The number of ether oxygens (including phenoxy) is 1. The monoisotopic (exact) mass is 411 g/mol. The summed E-state index contributed by atoms with van der Waals surface area (Å²) in [5.41, 5.74) is 0.767. The Balaban J connectivity index is 0.00000190. The van der Waals surface area contributed by atoms with Crippen LogP contribution >= 0.6 is 12.3 Å². The first-order chi connectivity index (χ1) is 13.5. The predicted molar refractivity (Wildman–Crippen MR) is 105 cm³/mol. The third-order valence-corrected chi connectivity index (χ3v) is 3.92. The highest BCUT2D eigenvalue weighted by Gasteiger charge is 2.18. The van der Waals surface area contributed by atoms with Gasteiger partial charge in [-0.1, -0.05) is 18.2 Å². The van der Waals surface area contributed by atoms with Crippen molar-refractivity contribution in [2.75, 3.05) is 19.0 Å². The maximum Gasteiger partial charge on any atom is 0.337 e. The third kappa shape index (κ3) is 5.43. The highest BCUT2D eigenvalue weighted by Crippen LogP contribution is 2.27. The molecule has 2 aromatic rings. The number of hydrogen-bond donors (Lipinski definition) is 4. The smallest absolute Gasteiger partial charge is 0.337 e. The van der Waals surface area contributed by atoms with Crippen LogP contribution in [0, 0.1) is 5.41 Å². The number of amides is 1. The minimum Gasteiger partial charge on any atom is -0.496 e. The second-order valence-corrected chi connectivity index (χ2v) is 5.43. The van der Waals surface area contributed by atoms with E-state index < -0.39 is 11.9 Å². The molecule has 0 aliphatic heterocycles. The SMILES string of the molecule is CF.COc1ccccc1C(=O)NCc1ccc(C(=O)O)c(NSF)c1C=N. The number of carbonyl (C=O) groups excluding carboxylic acids is 1. The molecule has 0 spiro atoms. The number of anilines is 1. The molecule has 0 bridgehead atoms. The number of carbonyl (C=O) groups is 2. The summed E-state index contributed by atoms with van der Waals surface area (Å²) in [5, 5.41) is 19.4. The number of hydrogen-bond acceptors (Lipinski definition) is 6. The number of carboxylic acids is 1. The van der Waals surface area contributed by atoms with Gasteiger partial charge >= 0.3 is 5.97 Å². The standard InChI is InChI=1S/C17H16FN3O4S.CH3F/c1-25-14-5-3-2-4-11(14)16(22)20-9-10-6-7-12(17(23)24)15(21-26-18)13(10)8-19;1-2/h2-8,19,21H,9H2,1H3,(H,20,22)(H,23,24);1H3. The lowest BCUT2D eigenvalue weighted by Crippen LogP contribution is -2.24. The van der Waals surface area contributed by atoms with E-state index in [0.29, 0.717) is 24.1 Å². The van der Waals surface area contributed by atoms with E-state index in [-0.39, 0.29) is 35.7 Å². The van der Waals surface area contributed by atoms with Crippen LogP contribution in [-0.4, -0.2) is 37.5 Å². The van der Waals surface area contributed by atoms with E-state index in [9.17, 15) is 23.0 Å². The molecule has 0 saturated carbocycles. The molecular formula is C18H19F2N3O4S. The normalized spacial score (nSPS) is 9.57. The Hall–Kier alpha value is -3.14. The summed E-state index contributed by atoms with van der Waals surface area (Å²) < 4.78 is 29.5. The van der Waals surface area contributed by atoms with Crippen molar-refractivity contribution >= 4 is 36.1 Å². The van der Waals surface area contributed by atoms with E-state index in [0.717, 1.165) is 6.21 Å². The zero-order valence-corrected chi connectivity index (χ0v) is 15.9. The van der Waals surface area contributed by atoms with E-state index in [1.807, 2.05) is 0 Å². The average Bonchev–Trinajstić information content (AvgIpc) is 2.73. The van der Waals surface area contributed by atoms with Crippen molar-refractivity contribution in [1.82, 2.24) is 5.32 Å². The molecule has 0 unspecified atom stereocenters. The number of aromatic carboxylic acids is 1. The molecule has 0 saturated heterocycles. The summed E-state index contributed by atoms with van der Waals surface area (Å²) in [7, 11) is 1.95. The zero-order chi connectivity index (χ0) is 21.1. The van der Waals surface area contributed by atoms with Gasteiger partial charge in [-0.05, 0) is 23.8 Å². The molecule has 2 rings (SSSR count). The van der Waals surface area contributed by atoms with Crippen LogP contribution in [0.25, 0.3) is 0 Å². The molecule has 0 aliphatic rings. The van der Waals surface area contributed by atoms with Crippen molar-refractivity contribution in [3.05, 3.63) is 58.7 Å². The van der Waals surface area contributed by atoms with Gasteiger partial charge in [0.25, 0.3) is 5.91 Å². The van der Waals surface area contributed by atoms with Crippen LogP contribution in [0.5, 0.6) is 5.75 Å². The molecule has 10 heteroatoms. The van der Waals surface area contributed by atoms with Crippen molar-refractivity contribution in [3.63, 3.8) is 0 Å². The maximum absolute atomic E-state index is 12.6. The van der Waals surface area contributed by atoms with Gasteiger partial charge in [0.05, 0.1) is 31.1 Å². The predicted octanol–water partition coefficient (Wildman–Crippen LogP) is 3.85. The Morgan fingerprint density at radius 2 is 1.89 bits per heavy atom. The molecule has 0 aliphatic carbocycles. The van der Waals surface area contributed by atoms with Crippen LogP contribution in [0.1, 0.15) is 31.8 Å². The summed E-state index contributed by atoms with van der Waals surface area (Å²) in [5.74, 6) is -1.24. The highest BCUT2D eigenvalue weighted by atomic mass is 32.2. The van der Waals surface area contributed by atoms with Crippen LogP contribution in [-0.2, 0) is 6.54 Å². The fraction of sp³-hybridized carbons (Fsp3) is 0.167. The fourth-order valence-electron chi connectivity index (χ4n) is 2.41. The summed E-state index contributed by atoms with van der Waals surface area (Å²) in [6, 6.07) is 9.45. The number of rotatable bonds is 8. The van der Waals surface area contributed by atoms with Crippen LogP contribution in [0.4, 0.5) is 14.0 Å². The molecule has 0 radical (unpaired) electrons. The van der Waals surface area contributed by atoms with Crippen molar-refractivity contribution in [3.8, 4) is 5.75 Å². The number of methoxy groups -OCH3 is 1. The van der Waals surface area contributed by atoms with Crippen LogP contribution < -0.4 is 14.8 Å². The van der Waals surface area contributed by atoms with Crippen molar-refractivity contribution in [1.29, 1.82) is 5.41 Å². The van der Waals surface area contributed by atoms with Gasteiger partial charge in [-0.3, -0.25) is 9.18 Å². The minimum absolute atomic E-state index is 0.0210. The number of para-hydroxylation sites is 1. The summed E-state index contributed by atoms with van der Waals surface area (Å²) >= 11 is -0.270. The van der Waals surface area contributed by atoms with Gasteiger partial charge in [-0.2, -0.15) is 0 Å². The largest absolute Gasteiger partial charge is 0.496 e. The maximum atomic E-state index is 12.6. The van der Waals surface area contributed by atoms with Gasteiger partial charge in [-0.15, -0.1) is 3.89 Å². The summed E-state index contributed by atoms with van der Waals surface area (Å²) in [4.78, 5) is 23.6. The number of nitrogens with one attached hydrogen (secondary N) is 3. The van der Waals surface area contributed by atoms with E-state index >= 15 is 0 Å². The molecule has 28 heavy (non-hydrogen) atoms. The second kappa shape index (κ2) is 11.5. The molecule has 1 amide bonds. The molecule has 0 aromatic heterocycles. The third-order valence-electron chi connectivity index (χ3n) is 3.64. The molecule has 150 valence electrons. The van der Waals surface area contributed by atoms with Crippen LogP contribution in [0.2, 0.25) is 0 Å². The van der Waals surface area contributed by atoms with E-state index in [1.54, 1.807) is 24.3 Å². The number of benzene rings is 2. The van der Waals surface area contributed by atoms with Crippen LogP contribution in [0.3, 0.4) is 0 Å². The topological polar surface area (TPSA) is 112 Å². The zero-order valence-electron chi connectivity index (χ0n) is 15.1. The van der Waals surface area contributed by atoms with Crippen molar-refractivity contribution in [2.45, 2.75) is 6.54 Å². The van der Waals surface area contributed by atoms with Gasteiger partial charge in [0.1, 0.15) is 5.75 Å². The molecule has 0 atom stereocenters. The fourth-order valence-corrected chi connectivity index (χ4v) is 2.71. The highest BCUT2D eigenvalue weighted by molar-refractivity contribution is 7.95. The van der Waals surface area contributed by atoms with E-state index in [2.05, 4.69) is 10.0 Å². The molecule has 2 aromatic carbocycles. The molecule has 0 heterocycles.